The molecule has 0 aliphatic rings. The fourth-order valence-corrected chi connectivity index (χ4v) is 2.65. The van der Waals surface area contributed by atoms with E-state index in [1.54, 1.807) is 46.0 Å². The lowest BCUT2D eigenvalue weighted by Crippen LogP contribution is -2.40. The maximum absolute atomic E-state index is 12.7. The number of imide groups is 1. The molecule has 2 aromatic heterocycles. The van der Waals surface area contributed by atoms with Crippen molar-refractivity contribution in [3.63, 3.8) is 0 Å². The lowest BCUT2D eigenvalue weighted by Gasteiger charge is -2.25. The minimum Gasteiger partial charge on any atom is -0.443 e. The van der Waals surface area contributed by atoms with Crippen molar-refractivity contribution in [3.8, 4) is 0 Å². The number of benzene rings is 1. The first kappa shape index (κ1) is 23.4. The highest BCUT2D eigenvalue weighted by molar-refractivity contribution is 6.10. The van der Waals surface area contributed by atoms with Crippen molar-refractivity contribution in [2.45, 2.75) is 33.3 Å². The second-order valence-electron chi connectivity index (χ2n) is 7.97. The fourth-order valence-electron chi connectivity index (χ4n) is 2.65. The van der Waals surface area contributed by atoms with Crippen LogP contribution in [0.5, 0.6) is 0 Å². The molecule has 0 radical (unpaired) electrons. The third kappa shape index (κ3) is 6.35. The molecule has 0 saturated carbocycles. The summed E-state index contributed by atoms with van der Waals surface area (Å²) in [6, 6.07) is 14.3. The van der Waals surface area contributed by atoms with Crippen molar-refractivity contribution in [1.82, 2.24) is 25.2 Å². The van der Waals surface area contributed by atoms with Crippen LogP contribution >= 0.6 is 0 Å². The second-order valence-corrected chi connectivity index (χ2v) is 7.97. The first-order chi connectivity index (χ1) is 15.6. The first-order valence-electron chi connectivity index (χ1n) is 10.1. The average Bonchev–Trinajstić information content (AvgIpc) is 3.15. The van der Waals surface area contributed by atoms with Crippen LogP contribution in [0.1, 0.15) is 39.0 Å². The highest BCUT2D eigenvalue weighted by Gasteiger charge is 2.28. The van der Waals surface area contributed by atoms with Gasteiger partial charge in [-0.1, -0.05) is 41.5 Å². The minimum atomic E-state index is -0.822. The summed E-state index contributed by atoms with van der Waals surface area (Å²) >= 11 is 0. The molecule has 33 heavy (non-hydrogen) atoms. The number of anilines is 2. The van der Waals surface area contributed by atoms with Gasteiger partial charge in [-0.15, -0.1) is 0 Å². The van der Waals surface area contributed by atoms with E-state index in [1.807, 2.05) is 30.3 Å². The SMILES string of the molecule is CC(=O)N(C(=O)OC(C)(C)C)c1cccc(/C(=C/c2ccccc2)ONc2nnnn2C)n1. The summed E-state index contributed by atoms with van der Waals surface area (Å²) in [6.45, 7) is 6.41. The standard InChI is InChI=1S/C22H25N7O4/c1-15(30)29(21(31)32-22(2,3)4)19-13-9-12-17(23-19)18(14-16-10-7-6-8-11-16)33-25-20-24-26-27-28(20)5/h6-14H,1-5H3,(H,24,25,27)/b18-14-. The molecule has 1 N–H and O–H groups in total. The lowest BCUT2D eigenvalue weighted by atomic mass is 10.2. The highest BCUT2D eigenvalue weighted by atomic mass is 16.7. The largest absolute Gasteiger partial charge is 0.443 e. The number of nitrogens with zero attached hydrogens (tertiary/aromatic N) is 6. The third-order valence-corrected chi connectivity index (χ3v) is 4.08. The Bertz CT molecular complexity index is 1150. The number of pyridine rings is 1. The predicted molar refractivity (Wildman–Crippen MR) is 121 cm³/mol. The average molecular weight is 451 g/mol. The van der Waals surface area contributed by atoms with Crippen LogP contribution in [0.4, 0.5) is 16.6 Å². The zero-order valence-corrected chi connectivity index (χ0v) is 19.0. The van der Waals surface area contributed by atoms with E-state index in [-0.39, 0.29) is 11.8 Å². The molecule has 11 nitrogen and oxygen atoms in total. The van der Waals surface area contributed by atoms with E-state index in [2.05, 4.69) is 26.0 Å². The van der Waals surface area contributed by atoms with Gasteiger partial charge in [0, 0.05) is 14.0 Å². The highest BCUT2D eigenvalue weighted by Crippen LogP contribution is 2.23. The topological polar surface area (TPSA) is 124 Å². The monoisotopic (exact) mass is 451 g/mol. The molecule has 0 unspecified atom stereocenters. The van der Waals surface area contributed by atoms with Gasteiger partial charge in [0.25, 0.3) is 5.95 Å². The van der Waals surface area contributed by atoms with E-state index in [4.69, 9.17) is 9.57 Å². The number of carbonyl (C=O) groups excluding carboxylic acids is 2. The Hall–Kier alpha value is -4.28. The van der Waals surface area contributed by atoms with E-state index in [0.717, 1.165) is 10.5 Å². The number of aromatic nitrogens is 5. The normalized spacial score (nSPS) is 11.6. The molecule has 2 amide bonds. The molecule has 2 heterocycles. The summed E-state index contributed by atoms with van der Waals surface area (Å²) in [4.78, 5) is 36.0. The molecule has 0 aliphatic heterocycles. The Morgan fingerprint density at radius 3 is 2.42 bits per heavy atom. The smallest absolute Gasteiger partial charge is 0.422 e. The number of amides is 2. The lowest BCUT2D eigenvalue weighted by molar-refractivity contribution is -0.116. The van der Waals surface area contributed by atoms with Gasteiger partial charge in [0.05, 0.1) is 0 Å². The Kier molecular flexibility index (Phi) is 7.01. The Morgan fingerprint density at radius 1 is 1.09 bits per heavy atom. The number of hydrogen-bond acceptors (Lipinski definition) is 9. The number of hydrogen-bond donors (Lipinski definition) is 1. The van der Waals surface area contributed by atoms with Crippen molar-refractivity contribution in [3.05, 3.63) is 59.8 Å². The molecule has 1 aromatic carbocycles. The third-order valence-electron chi connectivity index (χ3n) is 4.08. The summed E-state index contributed by atoms with van der Waals surface area (Å²) in [5.41, 5.74) is 3.10. The molecular formula is C22H25N7O4. The van der Waals surface area contributed by atoms with Crippen LogP contribution in [-0.4, -0.2) is 42.8 Å². The van der Waals surface area contributed by atoms with E-state index >= 15 is 0 Å². The van der Waals surface area contributed by atoms with Gasteiger partial charge >= 0.3 is 6.09 Å². The second kappa shape index (κ2) is 9.90. The Balaban J connectivity index is 1.97. The van der Waals surface area contributed by atoms with Crippen molar-refractivity contribution in [2.24, 2.45) is 7.05 Å². The van der Waals surface area contributed by atoms with Gasteiger partial charge in [-0.25, -0.2) is 14.5 Å². The number of ether oxygens (including phenoxy) is 1. The summed E-state index contributed by atoms with van der Waals surface area (Å²) in [5.74, 6) is 0.131. The summed E-state index contributed by atoms with van der Waals surface area (Å²) in [7, 11) is 1.65. The van der Waals surface area contributed by atoms with E-state index in [0.29, 0.717) is 11.5 Å². The number of nitrogens with one attached hydrogen (secondary N) is 1. The molecule has 11 heteroatoms. The van der Waals surface area contributed by atoms with Gasteiger partial charge in [-0.05, 0) is 55.0 Å². The van der Waals surface area contributed by atoms with Crippen molar-refractivity contribution >= 4 is 35.6 Å². The number of tetrazole rings is 1. The van der Waals surface area contributed by atoms with Gasteiger partial charge < -0.3 is 9.57 Å². The summed E-state index contributed by atoms with van der Waals surface area (Å²) in [5, 5.41) is 11.1. The Labute approximate surface area is 191 Å². The molecule has 3 rings (SSSR count). The summed E-state index contributed by atoms with van der Waals surface area (Å²) < 4.78 is 6.76. The van der Waals surface area contributed by atoms with Gasteiger partial charge in [0.2, 0.25) is 5.91 Å². The van der Waals surface area contributed by atoms with Crippen LogP contribution in [-0.2, 0) is 21.4 Å². The zero-order chi connectivity index (χ0) is 24.0. The van der Waals surface area contributed by atoms with Crippen molar-refractivity contribution in [1.29, 1.82) is 0 Å². The molecule has 3 aromatic rings. The molecule has 0 fully saturated rings. The maximum atomic E-state index is 12.7. The Morgan fingerprint density at radius 2 is 1.82 bits per heavy atom. The molecule has 0 spiro atoms. The zero-order valence-electron chi connectivity index (χ0n) is 19.0. The van der Waals surface area contributed by atoms with Crippen LogP contribution in [0, 0.1) is 0 Å². The molecule has 0 atom stereocenters. The molecular weight excluding hydrogens is 426 g/mol. The van der Waals surface area contributed by atoms with Gasteiger partial charge in [0.1, 0.15) is 17.1 Å². The van der Waals surface area contributed by atoms with Crippen molar-refractivity contribution in [2.75, 3.05) is 10.4 Å². The van der Waals surface area contributed by atoms with Crippen LogP contribution in [0.15, 0.2) is 48.5 Å². The minimum absolute atomic E-state index is 0.0946. The molecule has 0 bridgehead atoms. The van der Waals surface area contributed by atoms with Crippen LogP contribution in [0.3, 0.4) is 0 Å². The van der Waals surface area contributed by atoms with Gasteiger partial charge in [-0.3, -0.25) is 4.79 Å². The molecule has 172 valence electrons. The van der Waals surface area contributed by atoms with Crippen LogP contribution < -0.4 is 10.4 Å². The maximum Gasteiger partial charge on any atom is 0.422 e. The van der Waals surface area contributed by atoms with Gasteiger partial charge in [-0.2, -0.15) is 10.4 Å². The first-order valence-corrected chi connectivity index (χ1v) is 10.1. The van der Waals surface area contributed by atoms with E-state index in [1.165, 1.54) is 17.7 Å². The fraction of sp³-hybridized carbons (Fsp3) is 0.273. The van der Waals surface area contributed by atoms with E-state index in [9.17, 15) is 9.59 Å². The quantitative estimate of drug-likeness (QED) is 0.443. The number of aryl methyl sites for hydroxylation is 1. The molecule has 0 aliphatic carbocycles. The molecule has 0 saturated heterocycles. The number of rotatable bonds is 6. The predicted octanol–water partition coefficient (Wildman–Crippen LogP) is 3.43. The summed E-state index contributed by atoms with van der Waals surface area (Å²) in [6.07, 6.45) is 0.923. The number of carbonyl (C=O) groups is 2. The van der Waals surface area contributed by atoms with Crippen LogP contribution in [0.25, 0.3) is 11.8 Å². The van der Waals surface area contributed by atoms with Crippen LogP contribution in [0.2, 0.25) is 0 Å². The van der Waals surface area contributed by atoms with E-state index < -0.39 is 17.6 Å². The van der Waals surface area contributed by atoms with Crippen molar-refractivity contribution < 1.29 is 19.2 Å². The van der Waals surface area contributed by atoms with Gasteiger partial charge in [0.15, 0.2) is 5.76 Å².